The van der Waals surface area contributed by atoms with Crippen molar-refractivity contribution in [2.45, 2.75) is 29.6 Å². The summed E-state index contributed by atoms with van der Waals surface area (Å²) in [5.41, 5.74) is 5.96. The number of amides is 3. The van der Waals surface area contributed by atoms with E-state index >= 15 is 0 Å². The molecule has 3 aliphatic carbocycles. The fourth-order valence-corrected chi connectivity index (χ4v) is 8.14. The van der Waals surface area contributed by atoms with E-state index in [4.69, 9.17) is 0 Å². The number of nitrogens with one attached hydrogen (secondary N) is 1. The first-order valence-electron chi connectivity index (χ1n) is 12.5. The Balaban J connectivity index is 1.43. The molecule has 3 aromatic carbocycles. The van der Waals surface area contributed by atoms with Gasteiger partial charge in [-0.15, -0.1) is 0 Å². The van der Waals surface area contributed by atoms with Crippen molar-refractivity contribution in [2.24, 2.45) is 11.8 Å². The fourth-order valence-electron chi connectivity index (χ4n) is 6.48. The molecule has 4 aliphatic rings. The molecule has 5 nitrogen and oxygen atoms in total. The quantitative estimate of drug-likeness (QED) is 0.314. The summed E-state index contributed by atoms with van der Waals surface area (Å²) in [5, 5.41) is 2.95. The van der Waals surface area contributed by atoms with E-state index in [1.54, 1.807) is 11.8 Å². The van der Waals surface area contributed by atoms with Gasteiger partial charge in [-0.25, -0.2) is 0 Å². The predicted octanol–water partition coefficient (Wildman–Crippen LogP) is 5.45. The summed E-state index contributed by atoms with van der Waals surface area (Å²) in [5.74, 6) is -1.59. The van der Waals surface area contributed by atoms with Crippen LogP contribution >= 0.6 is 27.7 Å². The number of anilines is 1. The number of nitrogens with zero attached hydrogens (tertiary/aromatic N) is 1. The van der Waals surface area contributed by atoms with Crippen molar-refractivity contribution in [2.75, 3.05) is 17.3 Å². The van der Waals surface area contributed by atoms with Crippen LogP contribution in [0, 0.1) is 18.8 Å². The molecule has 0 radical (unpaired) electrons. The lowest BCUT2D eigenvalue weighted by Gasteiger charge is -2.51. The fraction of sp³-hybridized carbons (Fsp3) is 0.300. The van der Waals surface area contributed by atoms with Crippen molar-refractivity contribution >= 4 is 51.1 Å². The molecule has 37 heavy (non-hydrogen) atoms. The molecule has 188 valence electrons. The highest BCUT2D eigenvalue weighted by Crippen LogP contribution is 2.66. The van der Waals surface area contributed by atoms with Gasteiger partial charge in [0.05, 0.1) is 16.2 Å². The number of likely N-dealkylation sites (tertiary alicyclic amines) is 1. The number of imide groups is 1. The van der Waals surface area contributed by atoms with E-state index in [2.05, 4.69) is 45.5 Å². The summed E-state index contributed by atoms with van der Waals surface area (Å²) in [4.78, 5) is 43.4. The van der Waals surface area contributed by atoms with E-state index in [1.165, 1.54) is 4.90 Å². The molecule has 1 aliphatic heterocycles. The van der Waals surface area contributed by atoms with Crippen molar-refractivity contribution in [3.8, 4) is 0 Å². The maximum atomic E-state index is 14.3. The molecule has 0 unspecified atom stereocenters. The Labute approximate surface area is 229 Å². The Morgan fingerprint density at radius 3 is 2.16 bits per heavy atom. The number of carbonyl (C=O) groups is 3. The third kappa shape index (κ3) is 3.54. The van der Waals surface area contributed by atoms with Crippen molar-refractivity contribution in [1.29, 1.82) is 0 Å². The number of alkyl halides is 1. The minimum atomic E-state index is -0.874. The lowest BCUT2D eigenvalue weighted by molar-refractivity contribution is -0.146. The normalized spacial score (nSPS) is 25.9. The zero-order valence-electron chi connectivity index (χ0n) is 20.6. The van der Waals surface area contributed by atoms with E-state index in [-0.39, 0.29) is 23.6 Å². The van der Waals surface area contributed by atoms with Crippen LogP contribution in [0.15, 0.2) is 72.8 Å². The SMILES string of the molecule is CSCC[C@H](C(=O)Nc1ccc(C)cc1)N1C(=O)[C@@H]2C3c4ccccc4C(Br)(c4ccccc43)[C@@H]2C1=O. The van der Waals surface area contributed by atoms with Gasteiger partial charge in [0.25, 0.3) is 0 Å². The van der Waals surface area contributed by atoms with E-state index < -0.39 is 22.2 Å². The van der Waals surface area contributed by atoms with Gasteiger partial charge < -0.3 is 5.32 Å². The van der Waals surface area contributed by atoms with Crippen LogP contribution in [0.2, 0.25) is 0 Å². The molecule has 0 spiro atoms. The molecule has 1 heterocycles. The lowest BCUT2D eigenvalue weighted by atomic mass is 9.55. The van der Waals surface area contributed by atoms with Crippen molar-refractivity contribution < 1.29 is 14.4 Å². The highest BCUT2D eigenvalue weighted by molar-refractivity contribution is 9.09. The Hall–Kier alpha value is -2.90. The van der Waals surface area contributed by atoms with Crippen LogP contribution in [-0.2, 0) is 18.7 Å². The number of aryl methyl sites for hydroxylation is 1. The highest BCUT2D eigenvalue weighted by Gasteiger charge is 2.68. The summed E-state index contributed by atoms with van der Waals surface area (Å²) in [6.07, 6.45) is 2.36. The average molecular weight is 576 g/mol. The van der Waals surface area contributed by atoms with Crippen LogP contribution in [0.3, 0.4) is 0 Å². The summed E-state index contributed by atoms with van der Waals surface area (Å²) < 4.78 is -0.821. The van der Waals surface area contributed by atoms with Gasteiger partial charge in [-0.1, -0.05) is 82.2 Å². The molecular weight excluding hydrogens is 548 g/mol. The smallest absolute Gasteiger partial charge is 0.247 e. The van der Waals surface area contributed by atoms with Crippen LogP contribution in [-0.4, -0.2) is 40.7 Å². The van der Waals surface area contributed by atoms with Crippen molar-refractivity contribution in [3.63, 3.8) is 0 Å². The monoisotopic (exact) mass is 574 g/mol. The highest BCUT2D eigenvalue weighted by atomic mass is 79.9. The summed E-state index contributed by atoms with van der Waals surface area (Å²) in [6.45, 7) is 1.98. The second-order valence-corrected chi connectivity index (χ2v) is 12.3. The minimum Gasteiger partial charge on any atom is -0.324 e. The molecule has 3 amide bonds. The molecule has 2 bridgehead atoms. The topological polar surface area (TPSA) is 66.5 Å². The molecule has 1 N–H and O–H groups in total. The summed E-state index contributed by atoms with van der Waals surface area (Å²) in [6, 6.07) is 22.8. The van der Waals surface area contributed by atoms with Gasteiger partial charge in [-0.2, -0.15) is 11.8 Å². The van der Waals surface area contributed by atoms with Gasteiger partial charge in [0, 0.05) is 11.6 Å². The van der Waals surface area contributed by atoms with E-state index in [1.807, 2.05) is 61.7 Å². The number of carbonyl (C=O) groups excluding carboxylic acids is 3. The zero-order chi connectivity index (χ0) is 25.9. The summed E-state index contributed by atoms with van der Waals surface area (Å²) >= 11 is 5.62. The number of rotatable bonds is 6. The van der Waals surface area contributed by atoms with Crippen molar-refractivity contribution in [1.82, 2.24) is 4.90 Å². The standard InChI is InChI=1S/C30H27BrN2O3S/c1-17-11-13-18(14-12-17)32-27(34)23(15-16-37-2)33-28(35)25-24-19-7-3-5-9-21(19)30(31,26(25)29(33)36)22-10-6-4-8-20(22)24/h3-14,23-26H,15-16H2,1-2H3,(H,32,34)/t23-,24?,25-,26+,30?/m1/s1. The zero-order valence-corrected chi connectivity index (χ0v) is 23.0. The number of hydrogen-bond donors (Lipinski definition) is 1. The van der Waals surface area contributed by atoms with Crippen LogP contribution < -0.4 is 5.32 Å². The van der Waals surface area contributed by atoms with Gasteiger partial charge in [-0.3, -0.25) is 19.3 Å². The van der Waals surface area contributed by atoms with E-state index in [9.17, 15) is 14.4 Å². The Bertz CT molecular complexity index is 1370. The Morgan fingerprint density at radius 1 is 0.973 bits per heavy atom. The predicted molar refractivity (Wildman–Crippen MR) is 150 cm³/mol. The third-order valence-corrected chi connectivity index (χ3v) is 10.1. The van der Waals surface area contributed by atoms with E-state index in [0.717, 1.165) is 27.8 Å². The van der Waals surface area contributed by atoms with Crippen LogP contribution in [0.4, 0.5) is 5.69 Å². The maximum Gasteiger partial charge on any atom is 0.247 e. The van der Waals surface area contributed by atoms with Crippen LogP contribution in [0.25, 0.3) is 0 Å². The average Bonchev–Trinajstić information content (AvgIpc) is 3.17. The number of hydrogen-bond acceptors (Lipinski definition) is 4. The molecule has 7 heteroatoms. The van der Waals surface area contributed by atoms with Gasteiger partial charge in [0.15, 0.2) is 0 Å². The van der Waals surface area contributed by atoms with Crippen LogP contribution in [0.1, 0.15) is 40.2 Å². The second kappa shape index (κ2) is 9.14. The molecule has 1 fully saturated rings. The van der Waals surface area contributed by atoms with Gasteiger partial charge in [0.2, 0.25) is 17.7 Å². The third-order valence-electron chi connectivity index (χ3n) is 8.08. The molecule has 3 atom stereocenters. The lowest BCUT2D eigenvalue weighted by Crippen LogP contribution is -2.50. The largest absolute Gasteiger partial charge is 0.324 e. The molecule has 1 saturated heterocycles. The van der Waals surface area contributed by atoms with Crippen LogP contribution in [0.5, 0.6) is 0 Å². The molecule has 0 aromatic heterocycles. The Morgan fingerprint density at radius 2 is 1.57 bits per heavy atom. The molecule has 0 saturated carbocycles. The van der Waals surface area contributed by atoms with Gasteiger partial charge in [0.1, 0.15) is 6.04 Å². The summed E-state index contributed by atoms with van der Waals surface area (Å²) in [7, 11) is 0. The first-order chi connectivity index (χ1) is 17.9. The first kappa shape index (κ1) is 24.4. The number of halogens is 1. The van der Waals surface area contributed by atoms with E-state index in [0.29, 0.717) is 17.9 Å². The van der Waals surface area contributed by atoms with Gasteiger partial charge in [-0.05, 0) is 59.7 Å². The molecular formula is C30H27BrN2O3S. The second-order valence-electron chi connectivity index (χ2n) is 10.1. The van der Waals surface area contributed by atoms with Gasteiger partial charge >= 0.3 is 0 Å². The minimum absolute atomic E-state index is 0.223. The molecule has 7 rings (SSSR count). The van der Waals surface area contributed by atoms with Crippen molar-refractivity contribution in [3.05, 3.63) is 101 Å². The Kier molecular flexibility index (Phi) is 6.03. The molecule has 3 aromatic rings. The number of benzene rings is 3. The first-order valence-corrected chi connectivity index (χ1v) is 14.7. The maximum absolute atomic E-state index is 14.3. The number of thioether (sulfide) groups is 1.